The molecule has 0 aliphatic heterocycles. The third kappa shape index (κ3) is 3.03. The van der Waals surface area contributed by atoms with Crippen LogP contribution in [0.4, 0.5) is 17.6 Å². The fourth-order valence-electron chi connectivity index (χ4n) is 0.490. The summed E-state index contributed by atoms with van der Waals surface area (Å²) in [4.78, 5) is 0. The largest absolute Gasteiger partial charge is 0.251 e. The Bertz CT molecular complexity index is 83.8. The number of rotatable bonds is 4. The highest BCUT2D eigenvalue weighted by Gasteiger charge is 2.25. The molecule has 0 saturated carbocycles. The smallest absolute Gasteiger partial charge is 0.162 e. The first-order valence-corrected chi connectivity index (χ1v) is 2.91. The highest BCUT2D eigenvalue weighted by Crippen LogP contribution is 2.14. The number of hydrogen-bond donors (Lipinski definition) is 0. The second kappa shape index (κ2) is 4.52. The normalized spacial score (nSPS) is 20.1. The summed E-state index contributed by atoms with van der Waals surface area (Å²) < 4.78 is 47.4. The molecule has 0 N–H and O–H groups in total. The molecule has 0 amide bonds. The number of alkyl halides is 4. The molecule has 0 saturated heterocycles. The van der Waals surface area contributed by atoms with E-state index in [9.17, 15) is 17.6 Å². The SMILES string of the molecule is [CH2]C(F)C(F)C(F)CCF. The van der Waals surface area contributed by atoms with Crippen molar-refractivity contribution < 1.29 is 17.6 Å². The molecule has 0 nitrogen and oxygen atoms in total. The summed E-state index contributed by atoms with van der Waals surface area (Å²) in [6, 6.07) is 0. The summed E-state index contributed by atoms with van der Waals surface area (Å²) in [5.74, 6) is 0. The van der Waals surface area contributed by atoms with Gasteiger partial charge in [-0.3, -0.25) is 4.39 Å². The van der Waals surface area contributed by atoms with Crippen LogP contribution in [0, 0.1) is 6.92 Å². The molecule has 0 fully saturated rings. The zero-order valence-corrected chi connectivity index (χ0v) is 5.37. The molecule has 0 aromatic carbocycles. The third-order valence-corrected chi connectivity index (χ3v) is 1.08. The first kappa shape index (κ1) is 9.72. The van der Waals surface area contributed by atoms with Gasteiger partial charge >= 0.3 is 0 Å². The quantitative estimate of drug-likeness (QED) is 0.549. The van der Waals surface area contributed by atoms with E-state index in [1.807, 2.05) is 0 Å². The molecule has 0 spiro atoms. The van der Waals surface area contributed by atoms with Gasteiger partial charge < -0.3 is 0 Å². The maximum atomic E-state index is 12.2. The Hall–Kier alpha value is -0.280. The van der Waals surface area contributed by atoms with Gasteiger partial charge in [0.25, 0.3) is 0 Å². The van der Waals surface area contributed by atoms with Crippen LogP contribution in [0.2, 0.25) is 0 Å². The predicted molar refractivity (Wildman–Crippen MR) is 30.6 cm³/mol. The fraction of sp³-hybridized carbons (Fsp3) is 0.833. The molecule has 3 unspecified atom stereocenters. The Balaban J connectivity index is 3.58. The maximum absolute atomic E-state index is 12.2. The first-order chi connectivity index (χ1) is 4.59. The molecule has 4 heteroatoms. The van der Waals surface area contributed by atoms with Crippen LogP contribution >= 0.6 is 0 Å². The van der Waals surface area contributed by atoms with Crippen LogP contribution in [0.5, 0.6) is 0 Å². The summed E-state index contributed by atoms with van der Waals surface area (Å²) in [7, 11) is 0. The number of halogens is 4. The van der Waals surface area contributed by atoms with E-state index in [4.69, 9.17) is 0 Å². The summed E-state index contributed by atoms with van der Waals surface area (Å²) in [6.07, 6.45) is -7.08. The van der Waals surface area contributed by atoms with Crippen molar-refractivity contribution in [2.24, 2.45) is 0 Å². The molecule has 0 rings (SSSR count). The average molecular weight is 157 g/mol. The predicted octanol–water partition coefficient (Wildman–Crippen LogP) is 2.19. The zero-order valence-electron chi connectivity index (χ0n) is 5.37. The molecule has 0 aliphatic carbocycles. The van der Waals surface area contributed by atoms with E-state index in [1.54, 1.807) is 0 Å². The van der Waals surface area contributed by atoms with Gasteiger partial charge in [0.05, 0.1) is 6.67 Å². The van der Waals surface area contributed by atoms with Gasteiger partial charge in [-0.15, -0.1) is 0 Å². The van der Waals surface area contributed by atoms with Crippen LogP contribution in [0.15, 0.2) is 0 Å². The van der Waals surface area contributed by atoms with Gasteiger partial charge in [0.2, 0.25) is 0 Å². The van der Waals surface area contributed by atoms with Crippen LogP contribution in [0.25, 0.3) is 0 Å². The van der Waals surface area contributed by atoms with Crippen molar-refractivity contribution in [2.75, 3.05) is 6.67 Å². The maximum Gasteiger partial charge on any atom is 0.162 e. The van der Waals surface area contributed by atoms with Crippen LogP contribution in [-0.4, -0.2) is 25.2 Å². The van der Waals surface area contributed by atoms with Gasteiger partial charge in [-0.2, -0.15) is 0 Å². The second-order valence-electron chi connectivity index (χ2n) is 1.95. The Labute approximate surface area is 57.2 Å². The molecule has 61 valence electrons. The topological polar surface area (TPSA) is 0 Å². The van der Waals surface area contributed by atoms with Crippen molar-refractivity contribution in [3.63, 3.8) is 0 Å². The van der Waals surface area contributed by atoms with E-state index < -0.39 is 31.6 Å². The van der Waals surface area contributed by atoms with Crippen LogP contribution in [0.3, 0.4) is 0 Å². The molecule has 0 aromatic rings. The van der Waals surface area contributed by atoms with Crippen molar-refractivity contribution in [3.05, 3.63) is 6.92 Å². The highest BCUT2D eigenvalue weighted by molar-refractivity contribution is 4.77. The standard InChI is InChI=1S/C6H9F4/c1-4(8)6(10)5(9)2-3-7/h4-6H,1-3H2. The molecular weight excluding hydrogens is 148 g/mol. The Morgan fingerprint density at radius 3 is 2.00 bits per heavy atom. The molecule has 3 atom stereocenters. The first-order valence-electron chi connectivity index (χ1n) is 2.91. The van der Waals surface area contributed by atoms with Gasteiger partial charge in [0.15, 0.2) is 6.17 Å². The van der Waals surface area contributed by atoms with E-state index in [-0.39, 0.29) is 0 Å². The van der Waals surface area contributed by atoms with Crippen molar-refractivity contribution in [1.82, 2.24) is 0 Å². The van der Waals surface area contributed by atoms with E-state index in [2.05, 4.69) is 6.92 Å². The molecule has 10 heavy (non-hydrogen) atoms. The molecule has 0 aromatic heterocycles. The lowest BCUT2D eigenvalue weighted by Crippen LogP contribution is -2.26. The van der Waals surface area contributed by atoms with E-state index in [0.717, 1.165) is 0 Å². The van der Waals surface area contributed by atoms with Crippen LogP contribution < -0.4 is 0 Å². The Kier molecular flexibility index (Phi) is 4.40. The summed E-state index contributed by atoms with van der Waals surface area (Å²) in [5.41, 5.74) is 0. The molecule has 0 bridgehead atoms. The minimum Gasteiger partial charge on any atom is -0.251 e. The summed E-state index contributed by atoms with van der Waals surface area (Å²) in [6.45, 7) is 1.66. The van der Waals surface area contributed by atoms with Gasteiger partial charge in [0, 0.05) is 6.42 Å². The summed E-state index contributed by atoms with van der Waals surface area (Å²) >= 11 is 0. The average Bonchev–Trinajstić information content (AvgIpc) is 1.87. The second-order valence-corrected chi connectivity index (χ2v) is 1.95. The van der Waals surface area contributed by atoms with Gasteiger partial charge in [-0.05, 0) is 6.92 Å². The molecule has 0 aliphatic rings. The molecule has 0 heterocycles. The Morgan fingerprint density at radius 1 is 1.20 bits per heavy atom. The minimum absolute atomic E-state index is 0.600. The van der Waals surface area contributed by atoms with Crippen molar-refractivity contribution in [3.8, 4) is 0 Å². The molecule has 1 radical (unpaired) electrons. The van der Waals surface area contributed by atoms with Crippen LogP contribution in [0.1, 0.15) is 6.42 Å². The lowest BCUT2D eigenvalue weighted by atomic mass is 10.1. The van der Waals surface area contributed by atoms with Gasteiger partial charge in [-0.1, -0.05) is 0 Å². The Morgan fingerprint density at radius 2 is 1.70 bits per heavy atom. The fourth-order valence-corrected chi connectivity index (χ4v) is 0.490. The van der Waals surface area contributed by atoms with Crippen molar-refractivity contribution >= 4 is 0 Å². The third-order valence-electron chi connectivity index (χ3n) is 1.08. The van der Waals surface area contributed by atoms with E-state index >= 15 is 0 Å². The lowest BCUT2D eigenvalue weighted by molar-refractivity contribution is 0.0932. The van der Waals surface area contributed by atoms with E-state index in [0.29, 0.717) is 0 Å². The van der Waals surface area contributed by atoms with E-state index in [1.165, 1.54) is 0 Å². The summed E-state index contributed by atoms with van der Waals surface area (Å²) in [5, 5.41) is 0. The van der Waals surface area contributed by atoms with Crippen LogP contribution in [-0.2, 0) is 0 Å². The van der Waals surface area contributed by atoms with Gasteiger partial charge in [-0.25, -0.2) is 13.2 Å². The van der Waals surface area contributed by atoms with Crippen molar-refractivity contribution in [1.29, 1.82) is 0 Å². The number of hydrogen-bond acceptors (Lipinski definition) is 0. The lowest BCUT2D eigenvalue weighted by Gasteiger charge is -2.12. The molecular formula is C6H9F4. The zero-order chi connectivity index (χ0) is 8.15. The minimum atomic E-state index is -2.30. The monoisotopic (exact) mass is 157 g/mol. The highest BCUT2D eigenvalue weighted by atomic mass is 19.2. The van der Waals surface area contributed by atoms with Gasteiger partial charge in [0.1, 0.15) is 12.3 Å². The van der Waals surface area contributed by atoms with Crippen molar-refractivity contribution in [2.45, 2.75) is 24.9 Å².